The van der Waals surface area contributed by atoms with Crippen LogP contribution in [0.4, 0.5) is 0 Å². The van der Waals surface area contributed by atoms with Crippen LogP contribution in [0.25, 0.3) is 0 Å². The molecule has 0 saturated carbocycles. The molecule has 25 heavy (non-hydrogen) atoms. The van der Waals surface area contributed by atoms with E-state index in [1.54, 1.807) is 49.8 Å². The van der Waals surface area contributed by atoms with Gasteiger partial charge in [0, 0.05) is 30.6 Å². The summed E-state index contributed by atoms with van der Waals surface area (Å²) in [5.74, 6) is -0.539. The van der Waals surface area contributed by atoms with E-state index in [2.05, 4.69) is 10.1 Å². The predicted octanol–water partition coefficient (Wildman–Crippen LogP) is 1.53. The molecule has 0 saturated heterocycles. The van der Waals surface area contributed by atoms with E-state index < -0.39 is 5.92 Å². The first-order chi connectivity index (χ1) is 12.1. The predicted molar refractivity (Wildman–Crippen MR) is 88.8 cm³/mol. The van der Waals surface area contributed by atoms with Crippen LogP contribution in [-0.4, -0.2) is 47.7 Å². The number of benzene rings is 1. The van der Waals surface area contributed by atoms with Crippen LogP contribution in [0.5, 0.6) is 11.5 Å². The summed E-state index contributed by atoms with van der Waals surface area (Å²) < 4.78 is 11.0. The molecule has 7 nitrogen and oxygen atoms in total. The van der Waals surface area contributed by atoms with Crippen LogP contribution in [0.3, 0.4) is 0 Å². The zero-order chi connectivity index (χ0) is 17.4. The fraction of sp³-hybridized carbons (Fsp3) is 0.222. The second-order valence-corrected chi connectivity index (χ2v) is 5.74. The van der Waals surface area contributed by atoms with Crippen LogP contribution in [0.1, 0.15) is 15.9 Å². The third kappa shape index (κ3) is 2.63. The molecule has 0 bridgehead atoms. The molecule has 0 unspecified atom stereocenters. The van der Waals surface area contributed by atoms with Gasteiger partial charge < -0.3 is 9.47 Å². The summed E-state index contributed by atoms with van der Waals surface area (Å²) in [5, 5.41) is 5.46. The molecule has 0 N–H and O–H groups in total. The van der Waals surface area contributed by atoms with E-state index >= 15 is 0 Å². The Morgan fingerprint density at radius 1 is 1.12 bits per heavy atom. The Morgan fingerprint density at radius 3 is 2.60 bits per heavy atom. The summed E-state index contributed by atoms with van der Waals surface area (Å²) in [7, 11) is 1.54. The number of rotatable bonds is 3. The molecule has 1 amide bonds. The maximum Gasteiger partial charge on any atom is 0.259 e. The van der Waals surface area contributed by atoms with Crippen molar-refractivity contribution in [2.24, 2.45) is 11.0 Å². The Labute approximate surface area is 143 Å². The second-order valence-electron chi connectivity index (χ2n) is 5.74. The van der Waals surface area contributed by atoms with Crippen molar-refractivity contribution in [1.82, 2.24) is 9.99 Å². The van der Waals surface area contributed by atoms with Gasteiger partial charge in [-0.25, -0.2) is 5.01 Å². The third-order valence-corrected chi connectivity index (χ3v) is 4.16. The van der Waals surface area contributed by atoms with Crippen molar-refractivity contribution in [2.45, 2.75) is 0 Å². The zero-order valence-corrected chi connectivity index (χ0v) is 13.5. The minimum absolute atomic E-state index is 0.318. The van der Waals surface area contributed by atoms with E-state index in [9.17, 15) is 9.59 Å². The van der Waals surface area contributed by atoms with Gasteiger partial charge in [0.1, 0.15) is 19.1 Å². The molecule has 0 radical (unpaired) electrons. The van der Waals surface area contributed by atoms with Crippen molar-refractivity contribution >= 4 is 17.4 Å². The number of aromatic nitrogens is 1. The number of nitrogens with zero attached hydrogens (tertiary/aromatic N) is 3. The average molecular weight is 337 g/mol. The van der Waals surface area contributed by atoms with Gasteiger partial charge in [0.15, 0.2) is 17.3 Å². The van der Waals surface area contributed by atoms with E-state index in [1.807, 2.05) is 0 Å². The Morgan fingerprint density at radius 2 is 1.84 bits per heavy atom. The Kier molecular flexibility index (Phi) is 3.68. The molecular weight excluding hydrogens is 322 g/mol. The van der Waals surface area contributed by atoms with Crippen LogP contribution >= 0.6 is 0 Å². The summed E-state index contributed by atoms with van der Waals surface area (Å²) in [6, 6.07) is 8.41. The molecular formula is C18H15N3O4. The Hall–Kier alpha value is -3.22. The number of pyridine rings is 1. The highest BCUT2D eigenvalue weighted by Crippen LogP contribution is 2.32. The van der Waals surface area contributed by atoms with E-state index in [1.165, 1.54) is 5.01 Å². The summed E-state index contributed by atoms with van der Waals surface area (Å²) in [5.41, 5.74) is 1.51. The van der Waals surface area contributed by atoms with E-state index in [0.717, 1.165) is 0 Å². The summed E-state index contributed by atoms with van der Waals surface area (Å²) in [6.45, 7) is 0.907. The van der Waals surface area contributed by atoms with Crippen LogP contribution in [0.15, 0.2) is 47.8 Å². The number of hydrogen-bond acceptors (Lipinski definition) is 6. The van der Waals surface area contributed by atoms with Crippen molar-refractivity contribution < 1.29 is 19.1 Å². The van der Waals surface area contributed by atoms with Gasteiger partial charge in [-0.05, 0) is 30.3 Å². The van der Waals surface area contributed by atoms with Gasteiger partial charge in [-0.3, -0.25) is 14.6 Å². The molecule has 0 fully saturated rings. The molecule has 126 valence electrons. The number of ketones is 1. The molecule has 1 aromatic carbocycles. The number of Topliss-reactive ketones (excluding diaryl/α,β-unsaturated/α-hetero) is 1. The Balaban J connectivity index is 1.71. The molecule has 0 aliphatic carbocycles. The number of carbonyl (C=O) groups is 2. The minimum Gasteiger partial charge on any atom is -0.486 e. The van der Waals surface area contributed by atoms with Crippen LogP contribution in [0, 0.1) is 5.92 Å². The van der Waals surface area contributed by atoms with Gasteiger partial charge in [0.2, 0.25) is 0 Å². The Bertz CT molecular complexity index is 879. The van der Waals surface area contributed by atoms with Gasteiger partial charge in [-0.15, -0.1) is 0 Å². The number of fused-ring (bicyclic) bond motifs is 1. The monoisotopic (exact) mass is 337 g/mol. The topological polar surface area (TPSA) is 81.1 Å². The van der Waals surface area contributed by atoms with Gasteiger partial charge >= 0.3 is 0 Å². The van der Waals surface area contributed by atoms with Gasteiger partial charge in [-0.1, -0.05) is 0 Å². The molecule has 7 heteroatoms. The van der Waals surface area contributed by atoms with E-state index in [4.69, 9.17) is 9.47 Å². The third-order valence-electron chi connectivity index (χ3n) is 4.16. The molecule has 2 aliphatic rings. The fourth-order valence-corrected chi connectivity index (χ4v) is 2.92. The molecule has 1 aromatic heterocycles. The van der Waals surface area contributed by atoms with Crippen molar-refractivity contribution in [2.75, 3.05) is 20.3 Å². The number of amides is 1. The molecule has 0 spiro atoms. The lowest BCUT2D eigenvalue weighted by molar-refractivity contribution is -0.129. The van der Waals surface area contributed by atoms with Crippen LogP contribution < -0.4 is 9.47 Å². The normalized spacial score (nSPS) is 18.9. The summed E-state index contributed by atoms with van der Waals surface area (Å²) in [4.78, 5) is 29.5. The van der Waals surface area contributed by atoms with Crippen molar-refractivity contribution in [3.05, 3.63) is 53.9 Å². The van der Waals surface area contributed by atoms with Crippen LogP contribution in [-0.2, 0) is 4.79 Å². The maximum absolute atomic E-state index is 13.0. The minimum atomic E-state index is -0.977. The quantitative estimate of drug-likeness (QED) is 0.627. The first-order valence-electron chi connectivity index (χ1n) is 7.85. The number of ether oxygens (including phenoxy) is 2. The lowest BCUT2D eigenvalue weighted by Gasteiger charge is -2.19. The lowest BCUT2D eigenvalue weighted by Crippen LogP contribution is -2.32. The molecule has 3 heterocycles. The van der Waals surface area contributed by atoms with Crippen molar-refractivity contribution in [3.63, 3.8) is 0 Å². The lowest BCUT2D eigenvalue weighted by atomic mass is 9.89. The highest BCUT2D eigenvalue weighted by atomic mass is 16.6. The number of hydrogen-bond donors (Lipinski definition) is 0. The van der Waals surface area contributed by atoms with E-state index in [0.29, 0.717) is 41.6 Å². The highest BCUT2D eigenvalue weighted by molar-refractivity contribution is 6.31. The maximum atomic E-state index is 13.0. The summed E-state index contributed by atoms with van der Waals surface area (Å²) in [6.07, 6.45) is 3.21. The highest BCUT2D eigenvalue weighted by Gasteiger charge is 2.40. The van der Waals surface area contributed by atoms with Gasteiger partial charge in [0.05, 0.1) is 5.71 Å². The number of carbonyl (C=O) groups excluding carboxylic acids is 2. The second kappa shape index (κ2) is 6.01. The number of hydrazone groups is 1. The van der Waals surface area contributed by atoms with Crippen molar-refractivity contribution in [3.8, 4) is 11.5 Å². The van der Waals surface area contributed by atoms with E-state index in [-0.39, 0.29) is 11.7 Å². The molecule has 2 aliphatic heterocycles. The molecule has 2 aromatic rings. The average Bonchev–Trinajstić information content (AvgIpc) is 2.96. The molecule has 4 rings (SSSR count). The standard InChI is InChI=1S/C18H15N3O4/c1-21-18(23)15(16(20-21)11-4-6-19-7-5-11)17(22)12-2-3-13-14(10-12)25-9-8-24-13/h2-7,10,15H,8-9H2,1H3/t15-/m1/s1. The fourth-order valence-electron chi connectivity index (χ4n) is 2.92. The zero-order valence-electron chi connectivity index (χ0n) is 13.5. The first kappa shape index (κ1) is 15.3. The van der Waals surface area contributed by atoms with Crippen LogP contribution in [0.2, 0.25) is 0 Å². The smallest absolute Gasteiger partial charge is 0.259 e. The summed E-state index contributed by atoms with van der Waals surface area (Å²) >= 11 is 0. The largest absolute Gasteiger partial charge is 0.486 e. The van der Waals surface area contributed by atoms with Gasteiger partial charge in [-0.2, -0.15) is 5.10 Å². The SMILES string of the molecule is CN1N=C(c2ccncc2)[C@H](C(=O)c2ccc3c(c2)OCCO3)C1=O. The van der Waals surface area contributed by atoms with Crippen molar-refractivity contribution in [1.29, 1.82) is 0 Å². The first-order valence-corrected chi connectivity index (χ1v) is 7.85. The van der Waals surface area contributed by atoms with Gasteiger partial charge in [0.25, 0.3) is 5.91 Å². The molecule has 1 atom stereocenters.